The maximum Gasteiger partial charge on any atom is 0.222 e. The molecule has 2 aromatic rings. The number of hydrogen-bond donors (Lipinski definition) is 0. The average Bonchev–Trinajstić information content (AvgIpc) is 2.72. The van der Waals surface area contributed by atoms with Crippen LogP contribution in [0.3, 0.4) is 0 Å². The van der Waals surface area contributed by atoms with E-state index in [1.165, 1.54) is 0 Å². The molecule has 30 heavy (non-hydrogen) atoms. The highest BCUT2D eigenvalue weighted by molar-refractivity contribution is 6.63. The van der Waals surface area contributed by atoms with E-state index >= 15 is 0 Å². The number of aryl methyl sites for hydroxylation is 1. The van der Waals surface area contributed by atoms with Crippen LogP contribution in [-0.2, 0) is 22.6 Å². The Hall–Kier alpha value is -1.30. The summed E-state index contributed by atoms with van der Waals surface area (Å²) in [5.41, 5.74) is 3.00. The van der Waals surface area contributed by atoms with E-state index in [1.54, 1.807) is 0 Å². The predicted octanol–water partition coefficient (Wildman–Crippen LogP) is 6.05. The first-order valence-corrected chi connectivity index (χ1v) is 11.3. The molecule has 0 amide bonds. The van der Waals surface area contributed by atoms with Crippen molar-refractivity contribution in [2.75, 3.05) is 26.2 Å². The monoisotopic (exact) mass is 469 g/mol. The van der Waals surface area contributed by atoms with Gasteiger partial charge in [-0.25, -0.2) is 0 Å². The van der Waals surface area contributed by atoms with Crippen LogP contribution in [0.4, 0.5) is 0 Å². The van der Waals surface area contributed by atoms with Crippen LogP contribution in [0, 0.1) is 0 Å². The Morgan fingerprint density at radius 1 is 1.20 bits per heavy atom. The van der Waals surface area contributed by atoms with E-state index in [0.717, 1.165) is 48.4 Å². The quantitative estimate of drug-likeness (QED) is 0.418. The molecule has 0 saturated carbocycles. The zero-order valence-electron chi connectivity index (χ0n) is 17.0. The van der Waals surface area contributed by atoms with Gasteiger partial charge in [0.1, 0.15) is 12.4 Å². The smallest absolute Gasteiger partial charge is 0.222 e. The zero-order chi connectivity index (χ0) is 21.5. The summed E-state index contributed by atoms with van der Waals surface area (Å²) in [6, 6.07) is 11.8. The molecule has 1 fully saturated rings. The van der Waals surface area contributed by atoms with Crippen molar-refractivity contribution in [3.8, 4) is 5.75 Å². The lowest BCUT2D eigenvalue weighted by molar-refractivity contribution is -0.112. The fraction of sp³-hybridized carbons (Fsp3) is 0.435. The summed E-state index contributed by atoms with van der Waals surface area (Å²) in [7, 11) is 0. The highest BCUT2D eigenvalue weighted by Crippen LogP contribution is 2.29. The van der Waals surface area contributed by atoms with E-state index in [9.17, 15) is 4.79 Å². The van der Waals surface area contributed by atoms with Gasteiger partial charge >= 0.3 is 0 Å². The van der Waals surface area contributed by atoms with Gasteiger partial charge in [0.15, 0.2) is 0 Å². The summed E-state index contributed by atoms with van der Waals surface area (Å²) in [5, 5.41) is 0.960. The molecule has 1 atom stereocenters. The second-order valence-electron chi connectivity index (χ2n) is 7.41. The number of carbonyl (C=O) groups excluding carboxylic acids is 1. The van der Waals surface area contributed by atoms with Gasteiger partial charge in [-0.15, -0.1) is 0 Å². The van der Waals surface area contributed by atoms with Crippen molar-refractivity contribution in [1.82, 2.24) is 4.90 Å². The van der Waals surface area contributed by atoms with E-state index in [0.29, 0.717) is 36.2 Å². The number of ether oxygens (including phenoxy) is 2. The minimum Gasteiger partial charge on any atom is -0.489 e. The molecule has 3 rings (SSSR count). The third kappa shape index (κ3) is 6.60. The molecule has 4 nitrogen and oxygen atoms in total. The van der Waals surface area contributed by atoms with Gasteiger partial charge in [-0.05, 0) is 53.4 Å². The van der Waals surface area contributed by atoms with E-state index in [-0.39, 0.29) is 11.3 Å². The molecule has 1 unspecified atom stereocenters. The van der Waals surface area contributed by atoms with E-state index in [1.807, 2.05) is 36.4 Å². The van der Waals surface area contributed by atoms with Crippen LogP contribution >= 0.6 is 34.8 Å². The summed E-state index contributed by atoms with van der Waals surface area (Å²) in [4.78, 5) is 13.2. The molecule has 0 N–H and O–H groups in total. The second kappa shape index (κ2) is 11.4. The average molecular weight is 471 g/mol. The minimum atomic E-state index is -0.306. The Bertz CT molecular complexity index is 834. The fourth-order valence-electron chi connectivity index (χ4n) is 3.51. The number of rotatable bonds is 9. The number of nitrogens with zero attached hydrogens (tertiary/aromatic N) is 1. The molecule has 0 aliphatic carbocycles. The third-order valence-corrected chi connectivity index (χ3v) is 6.01. The summed E-state index contributed by atoms with van der Waals surface area (Å²) in [6.45, 7) is 5.26. The van der Waals surface area contributed by atoms with Crippen molar-refractivity contribution in [2.24, 2.45) is 0 Å². The Kier molecular flexibility index (Phi) is 8.84. The van der Waals surface area contributed by atoms with Gasteiger partial charge in [0.2, 0.25) is 5.24 Å². The van der Waals surface area contributed by atoms with Gasteiger partial charge < -0.3 is 9.47 Å². The third-order valence-electron chi connectivity index (χ3n) is 5.15. The van der Waals surface area contributed by atoms with Gasteiger partial charge in [0.05, 0.1) is 12.7 Å². The summed E-state index contributed by atoms with van der Waals surface area (Å²) >= 11 is 18.3. The van der Waals surface area contributed by atoms with Gasteiger partial charge in [-0.1, -0.05) is 48.7 Å². The van der Waals surface area contributed by atoms with Crippen LogP contribution in [-0.4, -0.2) is 36.4 Å². The highest BCUT2D eigenvalue weighted by atomic mass is 35.5. The molecule has 1 aliphatic heterocycles. The van der Waals surface area contributed by atoms with Gasteiger partial charge in [0, 0.05) is 41.7 Å². The van der Waals surface area contributed by atoms with Crippen molar-refractivity contribution in [3.05, 3.63) is 63.1 Å². The Morgan fingerprint density at radius 2 is 1.90 bits per heavy atom. The molecule has 0 radical (unpaired) electrons. The lowest BCUT2D eigenvalue weighted by Gasteiger charge is -2.32. The Morgan fingerprint density at radius 3 is 2.53 bits per heavy atom. The topological polar surface area (TPSA) is 38.8 Å². The number of halogens is 3. The largest absolute Gasteiger partial charge is 0.489 e. The molecular formula is C23H26Cl3NO3. The second-order valence-corrected chi connectivity index (χ2v) is 8.65. The molecule has 1 aliphatic rings. The maximum atomic E-state index is 11.0. The molecule has 1 saturated heterocycles. The Balaban J connectivity index is 1.58. The van der Waals surface area contributed by atoms with Crippen LogP contribution in [0.1, 0.15) is 42.6 Å². The van der Waals surface area contributed by atoms with Crippen LogP contribution < -0.4 is 4.74 Å². The molecule has 2 aromatic carbocycles. The lowest BCUT2D eigenvalue weighted by atomic mass is 10.1. The maximum absolute atomic E-state index is 11.0. The number of morpholine rings is 1. The Labute approximate surface area is 193 Å². The predicted molar refractivity (Wildman–Crippen MR) is 122 cm³/mol. The summed E-state index contributed by atoms with van der Waals surface area (Å²) in [6.07, 6.45) is 2.31. The van der Waals surface area contributed by atoms with E-state index in [4.69, 9.17) is 44.3 Å². The SMILES string of the molecule is CCCc1cc(Cl)c(COc2ccc(C3CN(CCC(=O)Cl)CCO3)cc2)c(Cl)c1. The summed E-state index contributed by atoms with van der Waals surface area (Å²) in [5.74, 6) is 0.740. The first kappa shape index (κ1) is 23.4. The van der Waals surface area contributed by atoms with Gasteiger partial charge in [-0.3, -0.25) is 9.69 Å². The zero-order valence-corrected chi connectivity index (χ0v) is 19.3. The van der Waals surface area contributed by atoms with Crippen molar-refractivity contribution in [3.63, 3.8) is 0 Å². The molecule has 7 heteroatoms. The van der Waals surface area contributed by atoms with Gasteiger partial charge in [-0.2, -0.15) is 0 Å². The fourth-order valence-corrected chi connectivity index (χ4v) is 4.24. The molecule has 0 spiro atoms. The standard InChI is InChI=1S/C23H26Cl3NO3/c1-2-3-16-12-20(24)19(21(25)13-16)15-30-18-6-4-17(5-7-18)22-14-27(10-11-29-22)9-8-23(26)28/h4-7,12-13,22H,2-3,8-11,14-15H2,1H3. The van der Waals surface area contributed by atoms with Crippen LogP contribution in [0.2, 0.25) is 10.0 Å². The molecule has 162 valence electrons. The first-order chi connectivity index (χ1) is 14.5. The van der Waals surface area contributed by atoms with Crippen LogP contribution in [0.25, 0.3) is 0 Å². The van der Waals surface area contributed by atoms with Gasteiger partial charge in [0.25, 0.3) is 0 Å². The molecule has 0 bridgehead atoms. The highest BCUT2D eigenvalue weighted by Gasteiger charge is 2.22. The number of benzene rings is 2. The summed E-state index contributed by atoms with van der Waals surface area (Å²) < 4.78 is 11.8. The molecular weight excluding hydrogens is 445 g/mol. The molecule has 1 heterocycles. The van der Waals surface area contributed by atoms with Crippen molar-refractivity contribution < 1.29 is 14.3 Å². The molecule has 0 aromatic heterocycles. The van der Waals surface area contributed by atoms with Crippen molar-refractivity contribution >= 4 is 40.0 Å². The number of hydrogen-bond acceptors (Lipinski definition) is 4. The lowest BCUT2D eigenvalue weighted by Crippen LogP contribution is -2.39. The number of carbonyl (C=O) groups is 1. The van der Waals surface area contributed by atoms with Crippen LogP contribution in [0.5, 0.6) is 5.75 Å². The van der Waals surface area contributed by atoms with E-state index in [2.05, 4.69) is 11.8 Å². The van der Waals surface area contributed by atoms with E-state index < -0.39 is 0 Å². The van der Waals surface area contributed by atoms with Crippen LogP contribution in [0.15, 0.2) is 36.4 Å². The first-order valence-electron chi connectivity index (χ1n) is 10.2. The van der Waals surface area contributed by atoms with Crippen molar-refractivity contribution in [2.45, 2.75) is 38.9 Å². The normalized spacial score (nSPS) is 17.1. The van der Waals surface area contributed by atoms with Crippen molar-refractivity contribution in [1.29, 1.82) is 0 Å². The minimum absolute atomic E-state index is 0.0340.